The number of benzene rings is 3. The number of amides is 2. The third-order valence-electron chi connectivity index (χ3n) is 5.36. The van der Waals surface area contributed by atoms with Crippen molar-refractivity contribution in [3.63, 3.8) is 0 Å². The van der Waals surface area contributed by atoms with Crippen LogP contribution in [0.15, 0.2) is 78.9 Å². The maximum absolute atomic E-state index is 13.6. The molecule has 0 aliphatic carbocycles. The van der Waals surface area contributed by atoms with E-state index in [1.165, 1.54) is 12.1 Å². The van der Waals surface area contributed by atoms with Gasteiger partial charge in [0.1, 0.15) is 11.9 Å². The molecule has 6 heteroatoms. The van der Waals surface area contributed by atoms with E-state index in [1.54, 1.807) is 41.3 Å². The van der Waals surface area contributed by atoms with Crippen LogP contribution in [0.25, 0.3) is 0 Å². The van der Waals surface area contributed by atoms with Gasteiger partial charge in [0.15, 0.2) is 0 Å². The van der Waals surface area contributed by atoms with Crippen molar-refractivity contribution < 1.29 is 14.0 Å². The molecule has 0 spiro atoms. The second-order valence-electron chi connectivity index (χ2n) is 7.91. The Bertz CT molecular complexity index is 1040. The maximum Gasteiger partial charge on any atom is 0.247 e. The zero-order valence-corrected chi connectivity index (χ0v) is 19.4. The third kappa shape index (κ3) is 7.16. The highest BCUT2D eigenvalue weighted by atomic mass is 35.5. The molecule has 172 valence electrons. The minimum absolute atomic E-state index is 0.115. The largest absolute Gasteiger partial charge is 0.354 e. The highest BCUT2D eigenvalue weighted by molar-refractivity contribution is 6.30. The van der Waals surface area contributed by atoms with Crippen LogP contribution in [-0.4, -0.2) is 23.3 Å². The van der Waals surface area contributed by atoms with Crippen molar-refractivity contribution in [3.05, 3.63) is 106 Å². The minimum Gasteiger partial charge on any atom is -0.354 e. The SMILES string of the molecule is CCCCNC(=O)[C@H](c1ccccc1)N(Cc1ccc(F)cc1)C(=O)Cc1ccc(Cl)cc1. The van der Waals surface area contributed by atoms with Crippen LogP contribution < -0.4 is 5.32 Å². The van der Waals surface area contributed by atoms with Gasteiger partial charge in [-0.1, -0.05) is 79.5 Å². The lowest BCUT2D eigenvalue weighted by Crippen LogP contribution is -2.44. The summed E-state index contributed by atoms with van der Waals surface area (Å²) >= 11 is 5.98. The van der Waals surface area contributed by atoms with Gasteiger partial charge in [-0.15, -0.1) is 0 Å². The molecule has 1 N–H and O–H groups in total. The average molecular weight is 467 g/mol. The number of halogens is 2. The molecule has 3 aromatic rings. The van der Waals surface area contributed by atoms with Gasteiger partial charge < -0.3 is 10.2 Å². The molecule has 33 heavy (non-hydrogen) atoms. The Morgan fingerprint density at radius 3 is 2.21 bits per heavy atom. The van der Waals surface area contributed by atoms with E-state index < -0.39 is 6.04 Å². The van der Waals surface area contributed by atoms with Gasteiger partial charge >= 0.3 is 0 Å². The van der Waals surface area contributed by atoms with E-state index in [-0.39, 0.29) is 30.6 Å². The van der Waals surface area contributed by atoms with Crippen molar-refractivity contribution in [3.8, 4) is 0 Å². The van der Waals surface area contributed by atoms with Crippen LogP contribution in [-0.2, 0) is 22.6 Å². The molecule has 0 heterocycles. The molecule has 0 aliphatic rings. The van der Waals surface area contributed by atoms with Gasteiger partial charge in [-0.25, -0.2) is 4.39 Å². The Hall–Kier alpha value is -3.18. The number of unbranched alkanes of at least 4 members (excludes halogenated alkanes) is 1. The first-order chi connectivity index (χ1) is 16.0. The lowest BCUT2D eigenvalue weighted by atomic mass is 10.0. The van der Waals surface area contributed by atoms with Crippen LogP contribution in [0.2, 0.25) is 5.02 Å². The van der Waals surface area contributed by atoms with Gasteiger partial charge in [-0.2, -0.15) is 0 Å². The summed E-state index contributed by atoms with van der Waals surface area (Å²) in [6.07, 6.45) is 1.92. The fourth-order valence-electron chi connectivity index (χ4n) is 3.58. The van der Waals surface area contributed by atoms with E-state index in [0.717, 1.165) is 29.5 Å². The predicted molar refractivity (Wildman–Crippen MR) is 129 cm³/mol. The summed E-state index contributed by atoms with van der Waals surface area (Å²) in [6.45, 7) is 2.76. The summed E-state index contributed by atoms with van der Waals surface area (Å²) in [5, 5.41) is 3.56. The fourth-order valence-corrected chi connectivity index (χ4v) is 3.71. The minimum atomic E-state index is -0.812. The highest BCUT2D eigenvalue weighted by Gasteiger charge is 2.31. The van der Waals surface area contributed by atoms with E-state index in [0.29, 0.717) is 11.6 Å². The Morgan fingerprint density at radius 2 is 1.58 bits per heavy atom. The second-order valence-corrected chi connectivity index (χ2v) is 8.35. The standard InChI is InChI=1S/C27H28ClFN2O2/c1-2-3-17-30-27(33)26(22-7-5-4-6-8-22)31(19-21-11-15-24(29)16-12-21)25(32)18-20-9-13-23(28)14-10-20/h4-16,26H,2-3,17-19H2,1H3,(H,30,33)/t26-/m0/s1. The van der Waals surface area contributed by atoms with Gasteiger partial charge in [0.05, 0.1) is 6.42 Å². The van der Waals surface area contributed by atoms with Gasteiger partial charge in [-0.05, 0) is 47.4 Å². The fraction of sp³-hybridized carbons (Fsp3) is 0.259. The number of hydrogen-bond donors (Lipinski definition) is 1. The topological polar surface area (TPSA) is 49.4 Å². The van der Waals surface area contributed by atoms with Crippen LogP contribution in [0.5, 0.6) is 0 Å². The second kappa shape index (κ2) is 12.2. The molecule has 0 unspecified atom stereocenters. The number of carbonyl (C=O) groups excluding carboxylic acids is 2. The quantitative estimate of drug-likeness (QED) is 0.389. The molecule has 0 radical (unpaired) electrons. The summed E-state index contributed by atoms with van der Waals surface area (Å²) in [7, 11) is 0. The normalized spacial score (nSPS) is 11.6. The number of rotatable bonds is 10. The van der Waals surface area contributed by atoms with Gasteiger partial charge in [0.2, 0.25) is 11.8 Å². The van der Waals surface area contributed by atoms with E-state index in [1.807, 2.05) is 30.3 Å². The Labute approximate surface area is 199 Å². The lowest BCUT2D eigenvalue weighted by molar-refractivity contribution is -0.141. The Morgan fingerprint density at radius 1 is 0.939 bits per heavy atom. The Kier molecular flexibility index (Phi) is 9.02. The first kappa shape index (κ1) is 24.5. The first-order valence-electron chi connectivity index (χ1n) is 11.1. The molecule has 0 fully saturated rings. The van der Waals surface area contributed by atoms with Crippen LogP contribution in [0, 0.1) is 5.82 Å². The van der Waals surface area contributed by atoms with Crippen LogP contribution in [0.4, 0.5) is 4.39 Å². The summed E-state index contributed by atoms with van der Waals surface area (Å²) in [5.74, 6) is -0.794. The molecule has 0 aromatic heterocycles. The molecule has 4 nitrogen and oxygen atoms in total. The summed E-state index contributed by atoms with van der Waals surface area (Å²) in [6, 6.07) is 21.5. The Balaban J connectivity index is 1.96. The number of carbonyl (C=O) groups is 2. The zero-order valence-electron chi connectivity index (χ0n) is 18.6. The van der Waals surface area contributed by atoms with Crippen molar-refractivity contribution in [2.75, 3.05) is 6.54 Å². The van der Waals surface area contributed by atoms with Crippen LogP contribution in [0.1, 0.15) is 42.5 Å². The zero-order chi connectivity index (χ0) is 23.6. The highest BCUT2D eigenvalue weighted by Crippen LogP contribution is 2.25. The molecule has 0 saturated carbocycles. The van der Waals surface area contributed by atoms with Gasteiger partial charge in [0, 0.05) is 18.1 Å². The molecule has 0 aliphatic heterocycles. The van der Waals surface area contributed by atoms with E-state index >= 15 is 0 Å². The molecule has 2 amide bonds. The van der Waals surface area contributed by atoms with Crippen molar-refractivity contribution in [2.24, 2.45) is 0 Å². The summed E-state index contributed by atoms with van der Waals surface area (Å²) in [5.41, 5.74) is 2.26. The van der Waals surface area contributed by atoms with Gasteiger partial charge in [-0.3, -0.25) is 9.59 Å². The molecular weight excluding hydrogens is 439 g/mol. The van der Waals surface area contributed by atoms with Crippen molar-refractivity contribution in [2.45, 2.75) is 38.8 Å². The lowest BCUT2D eigenvalue weighted by Gasteiger charge is -2.32. The third-order valence-corrected chi connectivity index (χ3v) is 5.61. The monoisotopic (exact) mass is 466 g/mol. The van der Waals surface area contributed by atoms with E-state index in [9.17, 15) is 14.0 Å². The average Bonchev–Trinajstić information content (AvgIpc) is 2.82. The molecule has 1 atom stereocenters. The van der Waals surface area contributed by atoms with Crippen LogP contribution >= 0.6 is 11.6 Å². The first-order valence-corrected chi connectivity index (χ1v) is 11.5. The summed E-state index contributed by atoms with van der Waals surface area (Å²) < 4.78 is 13.5. The van der Waals surface area contributed by atoms with Crippen LogP contribution in [0.3, 0.4) is 0 Å². The van der Waals surface area contributed by atoms with E-state index in [4.69, 9.17) is 11.6 Å². The maximum atomic E-state index is 13.6. The van der Waals surface area contributed by atoms with E-state index in [2.05, 4.69) is 12.2 Å². The van der Waals surface area contributed by atoms with Gasteiger partial charge in [0.25, 0.3) is 0 Å². The van der Waals surface area contributed by atoms with Crippen molar-refractivity contribution in [1.82, 2.24) is 10.2 Å². The molecule has 3 aromatic carbocycles. The molecule has 3 rings (SSSR count). The smallest absolute Gasteiger partial charge is 0.247 e. The summed E-state index contributed by atoms with van der Waals surface area (Å²) in [4.78, 5) is 28.4. The molecule has 0 saturated heterocycles. The van der Waals surface area contributed by atoms with Crippen molar-refractivity contribution in [1.29, 1.82) is 0 Å². The predicted octanol–water partition coefficient (Wildman–Crippen LogP) is 5.71. The van der Waals surface area contributed by atoms with Crippen molar-refractivity contribution >= 4 is 23.4 Å². The number of nitrogens with one attached hydrogen (secondary N) is 1. The number of hydrogen-bond acceptors (Lipinski definition) is 2. The molecular formula is C27H28ClFN2O2. The molecule has 0 bridgehead atoms. The number of nitrogens with zero attached hydrogens (tertiary/aromatic N) is 1.